The molecule has 0 aliphatic heterocycles. The third-order valence-electron chi connectivity index (χ3n) is 1.84. The van der Waals surface area contributed by atoms with Gasteiger partial charge < -0.3 is 9.47 Å². The summed E-state index contributed by atoms with van der Waals surface area (Å²) >= 11 is 5.64. The molecule has 0 aliphatic carbocycles. The summed E-state index contributed by atoms with van der Waals surface area (Å²) in [6, 6.07) is 2.24. The molecular formula is C10H8ClFO4. The number of benzene rings is 1. The van der Waals surface area contributed by atoms with Gasteiger partial charge in [0, 0.05) is 11.1 Å². The summed E-state index contributed by atoms with van der Waals surface area (Å²) in [6.45, 7) is 0. The number of carbonyl (C=O) groups is 2. The summed E-state index contributed by atoms with van der Waals surface area (Å²) in [4.78, 5) is 22.3. The van der Waals surface area contributed by atoms with Gasteiger partial charge in [0.2, 0.25) is 0 Å². The van der Waals surface area contributed by atoms with Gasteiger partial charge in [-0.25, -0.2) is 9.18 Å². The molecular weight excluding hydrogens is 239 g/mol. The average Bonchev–Trinajstić information content (AvgIpc) is 2.29. The second kappa shape index (κ2) is 4.94. The van der Waals surface area contributed by atoms with Crippen LogP contribution in [0, 0.1) is 5.82 Å². The van der Waals surface area contributed by atoms with E-state index in [1.807, 2.05) is 0 Å². The Labute approximate surface area is 95.9 Å². The number of hydrogen-bond donors (Lipinski definition) is 0. The van der Waals surface area contributed by atoms with Gasteiger partial charge in [-0.2, -0.15) is 0 Å². The first kappa shape index (κ1) is 12.4. The van der Waals surface area contributed by atoms with Gasteiger partial charge in [0.25, 0.3) is 5.78 Å². The molecule has 16 heavy (non-hydrogen) atoms. The first-order valence-electron chi connectivity index (χ1n) is 4.17. The first-order valence-corrected chi connectivity index (χ1v) is 4.54. The largest absolute Gasteiger partial charge is 0.494 e. The summed E-state index contributed by atoms with van der Waals surface area (Å²) in [5.74, 6) is -3.42. The molecule has 1 aromatic carbocycles. The van der Waals surface area contributed by atoms with Crippen LogP contribution in [0.3, 0.4) is 0 Å². The highest BCUT2D eigenvalue weighted by Crippen LogP contribution is 2.26. The van der Waals surface area contributed by atoms with E-state index >= 15 is 0 Å². The van der Waals surface area contributed by atoms with Gasteiger partial charge >= 0.3 is 5.97 Å². The summed E-state index contributed by atoms with van der Waals surface area (Å²) in [5.41, 5.74) is -0.476. The Bertz CT molecular complexity index is 445. The zero-order valence-corrected chi connectivity index (χ0v) is 9.30. The van der Waals surface area contributed by atoms with Crippen LogP contribution in [0.5, 0.6) is 5.75 Å². The SMILES string of the molecule is COC(=O)C(=O)c1cc(Cl)cc(OC)c1F. The van der Waals surface area contributed by atoms with E-state index < -0.39 is 23.1 Å². The standard InChI is InChI=1S/C10H8ClFO4/c1-15-7-4-5(11)3-6(8(7)12)9(13)10(14)16-2/h3-4H,1-2H3. The van der Waals surface area contributed by atoms with Crippen molar-refractivity contribution < 1.29 is 23.5 Å². The van der Waals surface area contributed by atoms with Crippen LogP contribution in [-0.4, -0.2) is 26.0 Å². The number of ether oxygens (including phenoxy) is 2. The molecule has 1 aromatic rings. The van der Waals surface area contributed by atoms with E-state index in [0.717, 1.165) is 13.2 Å². The molecule has 0 heterocycles. The van der Waals surface area contributed by atoms with E-state index in [1.165, 1.54) is 13.2 Å². The lowest BCUT2D eigenvalue weighted by Crippen LogP contribution is -2.17. The quantitative estimate of drug-likeness (QED) is 0.464. The highest BCUT2D eigenvalue weighted by Gasteiger charge is 2.23. The fraction of sp³-hybridized carbons (Fsp3) is 0.200. The van der Waals surface area contributed by atoms with Crippen LogP contribution in [0.2, 0.25) is 5.02 Å². The van der Waals surface area contributed by atoms with Gasteiger partial charge in [0.05, 0.1) is 19.8 Å². The van der Waals surface area contributed by atoms with E-state index in [0.29, 0.717) is 0 Å². The van der Waals surface area contributed by atoms with Crippen LogP contribution in [-0.2, 0) is 9.53 Å². The molecule has 0 spiro atoms. The Morgan fingerprint density at radius 1 is 1.31 bits per heavy atom. The maximum absolute atomic E-state index is 13.6. The van der Waals surface area contributed by atoms with Crippen LogP contribution < -0.4 is 4.74 Å². The molecule has 86 valence electrons. The fourth-order valence-electron chi connectivity index (χ4n) is 1.08. The van der Waals surface area contributed by atoms with Crippen LogP contribution >= 0.6 is 11.6 Å². The molecule has 0 radical (unpaired) electrons. The molecule has 4 nitrogen and oxygen atoms in total. The number of hydrogen-bond acceptors (Lipinski definition) is 4. The monoisotopic (exact) mass is 246 g/mol. The maximum atomic E-state index is 13.6. The summed E-state index contributed by atoms with van der Waals surface area (Å²) < 4.78 is 22.4. The summed E-state index contributed by atoms with van der Waals surface area (Å²) in [7, 11) is 2.25. The molecule has 0 amide bonds. The molecule has 6 heteroatoms. The third-order valence-corrected chi connectivity index (χ3v) is 2.06. The predicted octanol–water partition coefficient (Wildman–Crippen LogP) is 1.84. The topological polar surface area (TPSA) is 52.6 Å². The highest BCUT2D eigenvalue weighted by atomic mass is 35.5. The lowest BCUT2D eigenvalue weighted by molar-refractivity contribution is -0.135. The van der Waals surface area contributed by atoms with Crippen molar-refractivity contribution in [3.8, 4) is 5.75 Å². The van der Waals surface area contributed by atoms with Crippen molar-refractivity contribution in [3.05, 3.63) is 28.5 Å². The van der Waals surface area contributed by atoms with E-state index in [9.17, 15) is 14.0 Å². The number of Topliss-reactive ketones (excluding diaryl/α,β-unsaturated/α-hetero) is 1. The second-order valence-corrected chi connectivity index (χ2v) is 3.23. The Morgan fingerprint density at radius 3 is 2.44 bits per heavy atom. The molecule has 0 aromatic heterocycles. The molecule has 0 bridgehead atoms. The number of halogens is 2. The number of carbonyl (C=O) groups excluding carboxylic acids is 2. The molecule has 1 rings (SSSR count). The Balaban J connectivity index is 3.28. The average molecular weight is 247 g/mol. The summed E-state index contributed by atoms with van der Waals surface area (Å²) in [6.07, 6.45) is 0. The minimum absolute atomic E-state index is 0.0884. The molecule has 0 N–H and O–H groups in total. The van der Waals surface area contributed by atoms with Crippen LogP contribution in [0.1, 0.15) is 10.4 Å². The number of methoxy groups -OCH3 is 2. The lowest BCUT2D eigenvalue weighted by Gasteiger charge is -2.06. The van der Waals surface area contributed by atoms with E-state index in [1.54, 1.807) is 0 Å². The lowest BCUT2D eigenvalue weighted by atomic mass is 10.1. The highest BCUT2D eigenvalue weighted by molar-refractivity contribution is 6.41. The zero-order valence-electron chi connectivity index (χ0n) is 8.54. The van der Waals surface area contributed by atoms with Crippen LogP contribution in [0.4, 0.5) is 4.39 Å². The van der Waals surface area contributed by atoms with Gasteiger partial charge in [0.1, 0.15) is 0 Å². The molecule has 0 saturated carbocycles. The van der Waals surface area contributed by atoms with E-state index in [2.05, 4.69) is 9.47 Å². The Hall–Kier alpha value is -1.62. The molecule has 0 aliphatic rings. The first-order chi connectivity index (χ1) is 7.51. The van der Waals surface area contributed by atoms with Gasteiger partial charge in [0.15, 0.2) is 11.6 Å². The zero-order chi connectivity index (χ0) is 12.3. The molecule has 0 fully saturated rings. The fourth-order valence-corrected chi connectivity index (χ4v) is 1.29. The number of rotatable bonds is 3. The molecule has 0 unspecified atom stereocenters. The summed E-state index contributed by atoms with van der Waals surface area (Å²) in [5, 5.41) is 0.0884. The van der Waals surface area contributed by atoms with E-state index in [-0.39, 0.29) is 10.8 Å². The van der Waals surface area contributed by atoms with Crippen molar-refractivity contribution in [1.82, 2.24) is 0 Å². The Kier molecular flexibility index (Phi) is 3.84. The van der Waals surface area contributed by atoms with Crippen molar-refractivity contribution in [2.24, 2.45) is 0 Å². The minimum Gasteiger partial charge on any atom is -0.494 e. The van der Waals surface area contributed by atoms with Gasteiger partial charge in [-0.1, -0.05) is 11.6 Å². The van der Waals surface area contributed by atoms with Crippen molar-refractivity contribution in [2.75, 3.05) is 14.2 Å². The van der Waals surface area contributed by atoms with Crippen molar-refractivity contribution >= 4 is 23.4 Å². The maximum Gasteiger partial charge on any atom is 0.379 e. The molecule has 0 saturated heterocycles. The van der Waals surface area contributed by atoms with Gasteiger partial charge in [-0.3, -0.25) is 4.79 Å². The normalized spacial score (nSPS) is 9.75. The predicted molar refractivity (Wildman–Crippen MR) is 54.3 cm³/mol. The Morgan fingerprint density at radius 2 is 1.94 bits per heavy atom. The van der Waals surface area contributed by atoms with Gasteiger partial charge in [-0.05, 0) is 6.07 Å². The van der Waals surface area contributed by atoms with Crippen LogP contribution in [0.15, 0.2) is 12.1 Å². The number of esters is 1. The third kappa shape index (κ3) is 2.30. The van der Waals surface area contributed by atoms with E-state index in [4.69, 9.17) is 11.6 Å². The van der Waals surface area contributed by atoms with Crippen LogP contribution in [0.25, 0.3) is 0 Å². The van der Waals surface area contributed by atoms with Gasteiger partial charge in [-0.15, -0.1) is 0 Å². The minimum atomic E-state index is -1.16. The van der Waals surface area contributed by atoms with Crippen molar-refractivity contribution in [3.63, 3.8) is 0 Å². The second-order valence-electron chi connectivity index (χ2n) is 2.79. The molecule has 0 atom stereocenters. The van der Waals surface area contributed by atoms with Crippen molar-refractivity contribution in [1.29, 1.82) is 0 Å². The van der Waals surface area contributed by atoms with Crippen molar-refractivity contribution in [2.45, 2.75) is 0 Å². The smallest absolute Gasteiger partial charge is 0.379 e. The number of ketones is 1.